The minimum Gasteiger partial charge on any atom is -0.353 e. The molecule has 0 radical (unpaired) electrons. The number of halogens is 1. The molecule has 0 bridgehead atoms. The van der Waals surface area contributed by atoms with E-state index in [1.54, 1.807) is 13.1 Å². The van der Waals surface area contributed by atoms with Gasteiger partial charge in [-0.3, -0.25) is 4.99 Å². The second kappa shape index (κ2) is 6.82. The molecule has 0 heterocycles. The lowest BCUT2D eigenvalue weighted by Crippen LogP contribution is -2.38. The molecule has 2 aromatic rings. The van der Waals surface area contributed by atoms with E-state index in [2.05, 4.69) is 46.8 Å². The molecule has 3 nitrogen and oxygen atoms in total. The molecular formula is C19H22FN3. The maximum Gasteiger partial charge on any atom is 0.191 e. The topological polar surface area (TPSA) is 36.4 Å². The summed E-state index contributed by atoms with van der Waals surface area (Å²) < 4.78 is 13.8. The molecule has 2 unspecified atom stereocenters. The molecule has 0 amide bonds. The van der Waals surface area contributed by atoms with Crippen molar-refractivity contribution >= 4 is 5.96 Å². The van der Waals surface area contributed by atoms with E-state index in [-0.39, 0.29) is 17.8 Å². The van der Waals surface area contributed by atoms with Gasteiger partial charge in [0.15, 0.2) is 5.96 Å². The summed E-state index contributed by atoms with van der Waals surface area (Å²) in [6.45, 7) is 2.80. The standard InChI is InChI=1S/C19H22FN3/c1-13-7-9-14(10-8-13)12-22-19(21-2)23-18-11-16(18)15-5-3-4-6-17(15)20/h3-10,16,18H,11-12H2,1-2H3,(H2,21,22,23). The highest BCUT2D eigenvalue weighted by molar-refractivity contribution is 5.80. The van der Waals surface area contributed by atoms with E-state index in [9.17, 15) is 4.39 Å². The zero-order chi connectivity index (χ0) is 16.2. The van der Waals surface area contributed by atoms with Crippen molar-refractivity contribution in [2.24, 2.45) is 4.99 Å². The normalized spacial score (nSPS) is 20.2. The third kappa shape index (κ3) is 3.89. The quantitative estimate of drug-likeness (QED) is 0.671. The third-order valence-corrected chi connectivity index (χ3v) is 4.22. The fraction of sp³-hybridized carbons (Fsp3) is 0.316. The molecular weight excluding hydrogens is 289 g/mol. The van der Waals surface area contributed by atoms with Crippen molar-refractivity contribution in [3.63, 3.8) is 0 Å². The van der Waals surface area contributed by atoms with Gasteiger partial charge < -0.3 is 10.6 Å². The van der Waals surface area contributed by atoms with Gasteiger partial charge in [0, 0.05) is 25.6 Å². The number of aliphatic imine (C=N–C) groups is 1. The molecule has 1 saturated carbocycles. The van der Waals surface area contributed by atoms with Crippen LogP contribution in [0.1, 0.15) is 29.0 Å². The van der Waals surface area contributed by atoms with Gasteiger partial charge in [-0.1, -0.05) is 48.0 Å². The van der Waals surface area contributed by atoms with Crippen molar-refractivity contribution in [2.45, 2.75) is 31.8 Å². The van der Waals surface area contributed by atoms with Gasteiger partial charge >= 0.3 is 0 Å². The first kappa shape index (κ1) is 15.5. The smallest absolute Gasteiger partial charge is 0.191 e. The Bertz CT molecular complexity index is 694. The number of nitrogens with zero attached hydrogens (tertiary/aromatic N) is 1. The summed E-state index contributed by atoms with van der Waals surface area (Å²) in [5, 5.41) is 6.68. The molecule has 23 heavy (non-hydrogen) atoms. The van der Waals surface area contributed by atoms with Gasteiger partial charge in [0.2, 0.25) is 0 Å². The predicted octanol–water partition coefficient (Wildman–Crippen LogP) is 3.36. The van der Waals surface area contributed by atoms with Crippen LogP contribution in [0.2, 0.25) is 0 Å². The molecule has 120 valence electrons. The van der Waals surface area contributed by atoms with Gasteiger partial charge in [-0.25, -0.2) is 4.39 Å². The highest BCUT2D eigenvalue weighted by Crippen LogP contribution is 2.41. The maximum atomic E-state index is 13.8. The number of hydrogen-bond donors (Lipinski definition) is 2. The van der Waals surface area contributed by atoms with E-state index in [1.807, 2.05) is 12.1 Å². The first-order chi connectivity index (χ1) is 11.2. The molecule has 2 atom stereocenters. The summed E-state index contributed by atoms with van der Waals surface area (Å²) in [5.41, 5.74) is 3.25. The van der Waals surface area contributed by atoms with Crippen molar-refractivity contribution in [1.82, 2.24) is 10.6 Å². The molecule has 3 rings (SSSR count). The van der Waals surface area contributed by atoms with Gasteiger partial charge in [-0.05, 0) is 30.5 Å². The first-order valence-electron chi connectivity index (χ1n) is 7.94. The second-order valence-corrected chi connectivity index (χ2v) is 6.03. The number of nitrogens with one attached hydrogen (secondary N) is 2. The Hall–Kier alpha value is -2.36. The Balaban J connectivity index is 1.53. The second-order valence-electron chi connectivity index (χ2n) is 6.03. The molecule has 4 heteroatoms. The van der Waals surface area contributed by atoms with Crippen LogP contribution in [0.5, 0.6) is 0 Å². The van der Waals surface area contributed by atoms with E-state index in [1.165, 1.54) is 17.2 Å². The Labute approximate surface area is 136 Å². The molecule has 2 N–H and O–H groups in total. The minimum atomic E-state index is -0.121. The van der Waals surface area contributed by atoms with Crippen molar-refractivity contribution < 1.29 is 4.39 Å². The van der Waals surface area contributed by atoms with E-state index in [0.29, 0.717) is 0 Å². The summed E-state index contributed by atoms with van der Waals surface area (Å²) >= 11 is 0. The van der Waals surface area contributed by atoms with Crippen LogP contribution in [-0.4, -0.2) is 19.0 Å². The molecule has 1 aliphatic rings. The Kier molecular flexibility index (Phi) is 4.60. The molecule has 2 aromatic carbocycles. The van der Waals surface area contributed by atoms with Crippen molar-refractivity contribution in [3.05, 3.63) is 71.0 Å². The van der Waals surface area contributed by atoms with Gasteiger partial charge in [-0.2, -0.15) is 0 Å². The number of rotatable bonds is 4. The zero-order valence-corrected chi connectivity index (χ0v) is 13.5. The van der Waals surface area contributed by atoms with Crippen molar-refractivity contribution in [1.29, 1.82) is 0 Å². The Morgan fingerprint density at radius 2 is 1.91 bits per heavy atom. The van der Waals surface area contributed by atoms with Crippen LogP contribution in [0.15, 0.2) is 53.5 Å². The monoisotopic (exact) mass is 311 g/mol. The predicted molar refractivity (Wildman–Crippen MR) is 92.1 cm³/mol. The minimum absolute atomic E-state index is 0.121. The zero-order valence-electron chi connectivity index (χ0n) is 13.5. The van der Waals surface area contributed by atoms with Gasteiger partial charge in [-0.15, -0.1) is 0 Å². The van der Waals surface area contributed by atoms with Crippen LogP contribution in [0.3, 0.4) is 0 Å². The van der Waals surface area contributed by atoms with Crippen LogP contribution in [0.4, 0.5) is 4.39 Å². The summed E-state index contributed by atoms with van der Waals surface area (Å²) in [6.07, 6.45) is 0.937. The number of benzene rings is 2. The summed E-state index contributed by atoms with van der Waals surface area (Å²) in [6, 6.07) is 15.7. The molecule has 1 aliphatic carbocycles. The van der Waals surface area contributed by atoms with Crippen LogP contribution >= 0.6 is 0 Å². The largest absolute Gasteiger partial charge is 0.353 e. The average Bonchev–Trinajstić information content (AvgIpc) is 3.32. The van der Waals surface area contributed by atoms with E-state index >= 15 is 0 Å². The van der Waals surface area contributed by atoms with Gasteiger partial charge in [0.25, 0.3) is 0 Å². The van der Waals surface area contributed by atoms with Crippen LogP contribution in [-0.2, 0) is 6.54 Å². The highest BCUT2D eigenvalue weighted by Gasteiger charge is 2.40. The van der Waals surface area contributed by atoms with Crippen LogP contribution in [0, 0.1) is 12.7 Å². The van der Waals surface area contributed by atoms with E-state index < -0.39 is 0 Å². The van der Waals surface area contributed by atoms with Crippen molar-refractivity contribution in [2.75, 3.05) is 7.05 Å². The lowest BCUT2D eigenvalue weighted by Gasteiger charge is -2.12. The summed E-state index contributed by atoms with van der Waals surface area (Å²) in [7, 11) is 1.75. The number of guanidine groups is 1. The lowest BCUT2D eigenvalue weighted by atomic mass is 10.1. The van der Waals surface area contributed by atoms with Gasteiger partial charge in [0.05, 0.1) is 0 Å². The molecule has 0 saturated heterocycles. The highest BCUT2D eigenvalue weighted by atomic mass is 19.1. The van der Waals surface area contributed by atoms with E-state index in [0.717, 1.165) is 24.5 Å². The fourth-order valence-corrected chi connectivity index (χ4v) is 2.74. The van der Waals surface area contributed by atoms with E-state index in [4.69, 9.17) is 0 Å². The van der Waals surface area contributed by atoms with Crippen LogP contribution in [0.25, 0.3) is 0 Å². The maximum absolute atomic E-state index is 13.8. The Morgan fingerprint density at radius 1 is 1.17 bits per heavy atom. The molecule has 1 fully saturated rings. The molecule has 0 aromatic heterocycles. The number of hydrogen-bond acceptors (Lipinski definition) is 1. The first-order valence-corrected chi connectivity index (χ1v) is 7.94. The van der Waals surface area contributed by atoms with Gasteiger partial charge in [0.1, 0.15) is 5.82 Å². The number of aryl methyl sites for hydroxylation is 1. The fourth-order valence-electron chi connectivity index (χ4n) is 2.74. The lowest BCUT2D eigenvalue weighted by molar-refractivity contribution is 0.607. The van der Waals surface area contributed by atoms with Crippen LogP contribution < -0.4 is 10.6 Å². The average molecular weight is 311 g/mol. The van der Waals surface area contributed by atoms with Crippen molar-refractivity contribution in [3.8, 4) is 0 Å². The third-order valence-electron chi connectivity index (χ3n) is 4.22. The Morgan fingerprint density at radius 3 is 2.61 bits per heavy atom. The summed E-state index contributed by atoms with van der Waals surface area (Å²) in [4.78, 5) is 4.25. The molecule has 0 aliphatic heterocycles. The SMILES string of the molecule is CN=C(NCc1ccc(C)cc1)NC1CC1c1ccccc1F. The molecule has 0 spiro atoms. The summed E-state index contributed by atoms with van der Waals surface area (Å²) in [5.74, 6) is 0.868.